The molecule has 6 rings (SSSR count). The van der Waals surface area contributed by atoms with Gasteiger partial charge < -0.3 is 15.3 Å². The maximum absolute atomic E-state index is 13.8. The predicted molar refractivity (Wildman–Crippen MR) is 148 cm³/mol. The van der Waals surface area contributed by atoms with Gasteiger partial charge >= 0.3 is 0 Å². The number of likely N-dealkylation sites (tertiary alicyclic amines) is 1. The number of rotatable bonds is 6. The smallest absolute Gasteiger partial charge is 0.248 e. The molecule has 11 nitrogen and oxygen atoms in total. The molecule has 40 heavy (non-hydrogen) atoms. The number of nitrogens with zero attached hydrogens (tertiary/aromatic N) is 7. The van der Waals surface area contributed by atoms with Crippen molar-refractivity contribution >= 4 is 44.5 Å². The monoisotopic (exact) mass is 600 g/mol. The van der Waals surface area contributed by atoms with Crippen molar-refractivity contribution in [2.45, 2.75) is 50.9 Å². The summed E-state index contributed by atoms with van der Waals surface area (Å²) in [4.78, 5) is 41.2. The summed E-state index contributed by atoms with van der Waals surface area (Å²) >= 11 is 3.32. The fraction of sp³-hybridized carbons (Fsp3) is 0.321. The van der Waals surface area contributed by atoms with Gasteiger partial charge in [-0.3, -0.25) is 14.3 Å². The summed E-state index contributed by atoms with van der Waals surface area (Å²) in [7, 11) is 0. The Kier molecular flexibility index (Phi) is 6.77. The number of anilines is 1. The first-order valence-electron chi connectivity index (χ1n) is 13.0. The number of halogens is 1. The number of nitrogens with one attached hydrogen (secondary N) is 1. The number of benzene rings is 1. The lowest BCUT2D eigenvalue weighted by molar-refractivity contribution is -0.141. The van der Waals surface area contributed by atoms with Crippen LogP contribution in [0, 0.1) is 17.2 Å². The lowest BCUT2D eigenvalue weighted by Gasteiger charge is -2.34. The molecule has 0 radical (unpaired) electrons. The van der Waals surface area contributed by atoms with Gasteiger partial charge in [0.15, 0.2) is 0 Å². The molecule has 202 valence electrons. The van der Waals surface area contributed by atoms with Crippen LogP contribution < -0.4 is 5.32 Å². The second-order valence-corrected chi connectivity index (χ2v) is 11.0. The molecule has 1 aromatic carbocycles. The lowest BCUT2D eigenvalue weighted by Crippen LogP contribution is -2.52. The van der Waals surface area contributed by atoms with Crippen LogP contribution in [0.15, 0.2) is 53.4 Å². The van der Waals surface area contributed by atoms with Crippen LogP contribution in [0.1, 0.15) is 43.8 Å². The first-order valence-corrected chi connectivity index (χ1v) is 13.8. The Balaban J connectivity index is 1.28. The third-order valence-corrected chi connectivity index (χ3v) is 8.09. The molecule has 0 spiro atoms. The average Bonchev–Trinajstić information content (AvgIpc) is 3.66. The normalized spacial score (nSPS) is 20.4. The lowest BCUT2D eigenvalue weighted by atomic mass is 9.97. The number of aliphatic hydroxyl groups excluding tert-OH is 1. The summed E-state index contributed by atoms with van der Waals surface area (Å²) < 4.78 is 2.20. The molecule has 1 saturated carbocycles. The maximum Gasteiger partial charge on any atom is 0.248 e. The zero-order valence-corrected chi connectivity index (χ0v) is 23.1. The summed E-state index contributed by atoms with van der Waals surface area (Å²) in [6.07, 6.45) is 4.83. The minimum absolute atomic E-state index is 0.00441. The fourth-order valence-electron chi connectivity index (χ4n) is 5.92. The van der Waals surface area contributed by atoms with E-state index in [0.29, 0.717) is 32.6 Å². The summed E-state index contributed by atoms with van der Waals surface area (Å²) in [5.41, 5.74) is 2.63. The van der Waals surface area contributed by atoms with Gasteiger partial charge in [0.1, 0.15) is 29.1 Å². The Hall–Kier alpha value is -4.21. The number of aromatic nitrogens is 5. The van der Waals surface area contributed by atoms with Crippen molar-refractivity contribution in [1.82, 2.24) is 29.6 Å². The Morgan fingerprint density at radius 1 is 1.20 bits per heavy atom. The molecule has 4 aromatic rings. The van der Waals surface area contributed by atoms with Gasteiger partial charge in [-0.15, -0.1) is 0 Å². The molecule has 1 unspecified atom stereocenters. The van der Waals surface area contributed by atoms with Gasteiger partial charge in [0.2, 0.25) is 17.6 Å². The Morgan fingerprint density at radius 3 is 2.73 bits per heavy atom. The van der Waals surface area contributed by atoms with E-state index in [1.807, 2.05) is 24.3 Å². The minimum atomic E-state index is -0.870. The van der Waals surface area contributed by atoms with Gasteiger partial charge in [-0.1, -0.05) is 12.1 Å². The van der Waals surface area contributed by atoms with Crippen molar-refractivity contribution < 1.29 is 14.7 Å². The molecule has 4 heterocycles. The summed E-state index contributed by atoms with van der Waals surface area (Å²) in [5, 5.41) is 27.6. The van der Waals surface area contributed by atoms with Crippen LogP contribution in [0.2, 0.25) is 0 Å². The van der Waals surface area contributed by atoms with E-state index in [0.717, 1.165) is 24.8 Å². The van der Waals surface area contributed by atoms with E-state index in [-0.39, 0.29) is 36.1 Å². The van der Waals surface area contributed by atoms with Crippen molar-refractivity contribution in [3.05, 3.63) is 64.9 Å². The molecule has 1 aliphatic heterocycles. The highest BCUT2D eigenvalue weighted by Crippen LogP contribution is 2.43. The van der Waals surface area contributed by atoms with E-state index in [2.05, 4.69) is 41.3 Å². The number of nitriles is 1. The predicted octanol–water partition coefficient (Wildman–Crippen LogP) is 3.59. The molecule has 2 N–H and O–H groups in total. The highest BCUT2D eigenvalue weighted by molar-refractivity contribution is 9.10. The van der Waals surface area contributed by atoms with Gasteiger partial charge in [-0.25, -0.2) is 15.0 Å². The number of piperidine rings is 1. The number of aliphatic hydroxyl groups is 1. The molecular weight excluding hydrogens is 576 g/mol. The highest BCUT2D eigenvalue weighted by atomic mass is 79.9. The third-order valence-electron chi connectivity index (χ3n) is 7.65. The summed E-state index contributed by atoms with van der Waals surface area (Å²) in [6, 6.07) is 12.2. The van der Waals surface area contributed by atoms with Crippen LogP contribution in [0.25, 0.3) is 22.0 Å². The topological polar surface area (TPSA) is 150 Å². The molecular formula is C28H25BrN8O3. The zero-order chi connectivity index (χ0) is 28.0. The molecule has 3 aromatic heterocycles. The second-order valence-electron chi connectivity index (χ2n) is 10.2. The molecule has 2 aliphatic rings. The molecule has 2 bridgehead atoms. The van der Waals surface area contributed by atoms with Crippen molar-refractivity contribution in [1.29, 1.82) is 5.26 Å². The van der Waals surface area contributed by atoms with E-state index in [1.54, 1.807) is 47.1 Å². The van der Waals surface area contributed by atoms with Crippen LogP contribution in [0.5, 0.6) is 0 Å². The van der Waals surface area contributed by atoms with Crippen molar-refractivity contribution in [3.63, 3.8) is 0 Å². The number of carbonyl (C=O) groups is 2. The standard InChI is InChI=1S/C28H25BrN8O3/c1-15(38)26-20-10-16(18-12-31-24(11-30)32-13-18)6-8-21(20)36(35-26)14-25(39)37-19-7-5-17(9-19)27(37)28(40)34-23-4-2-3-22(29)33-23/h2-4,6,8,10,12-13,15,17,19,27,38H,5,7,9,14H2,1H3,(H,33,34,40)/t15?,17-,19+,27-/m0/s1. The first kappa shape index (κ1) is 26.0. The van der Waals surface area contributed by atoms with E-state index in [4.69, 9.17) is 5.26 Å². The van der Waals surface area contributed by atoms with Crippen LogP contribution in [-0.2, 0) is 16.1 Å². The largest absolute Gasteiger partial charge is 0.387 e. The summed E-state index contributed by atoms with van der Waals surface area (Å²) in [5.74, 6) is 0.172. The molecule has 12 heteroatoms. The van der Waals surface area contributed by atoms with Crippen LogP contribution in [0.3, 0.4) is 0 Å². The van der Waals surface area contributed by atoms with Gasteiger partial charge in [-0.2, -0.15) is 10.4 Å². The van der Waals surface area contributed by atoms with Gasteiger partial charge in [0.25, 0.3) is 0 Å². The van der Waals surface area contributed by atoms with E-state index < -0.39 is 12.1 Å². The Bertz CT molecular complexity index is 1660. The zero-order valence-electron chi connectivity index (χ0n) is 21.5. The number of fused-ring (bicyclic) bond motifs is 3. The van der Waals surface area contributed by atoms with Crippen LogP contribution in [0.4, 0.5) is 5.82 Å². The van der Waals surface area contributed by atoms with Crippen molar-refractivity contribution in [2.75, 3.05) is 5.32 Å². The number of hydrogen-bond acceptors (Lipinski definition) is 8. The SMILES string of the molecule is CC(O)c1nn(CC(=O)N2[C@@H]3CC[C@@H](C3)[C@H]2C(=O)Nc2cccc(Br)n2)c2ccc(-c3cnc(C#N)nc3)cc12. The second kappa shape index (κ2) is 10.4. The third kappa shape index (κ3) is 4.71. The maximum atomic E-state index is 13.8. The molecule has 2 fully saturated rings. The van der Waals surface area contributed by atoms with Gasteiger partial charge in [-0.05, 0) is 77.9 Å². The minimum Gasteiger partial charge on any atom is -0.387 e. The van der Waals surface area contributed by atoms with E-state index in [1.165, 1.54) is 0 Å². The Labute approximate surface area is 238 Å². The van der Waals surface area contributed by atoms with Crippen LogP contribution in [-0.4, -0.2) is 58.6 Å². The molecule has 1 aliphatic carbocycles. The Morgan fingerprint density at radius 2 is 2.00 bits per heavy atom. The van der Waals surface area contributed by atoms with Gasteiger partial charge in [0.05, 0.1) is 17.3 Å². The highest BCUT2D eigenvalue weighted by Gasteiger charge is 2.51. The van der Waals surface area contributed by atoms with Gasteiger partial charge in [0, 0.05) is 29.4 Å². The first-order chi connectivity index (χ1) is 19.3. The quantitative estimate of drug-likeness (QED) is 0.319. The van der Waals surface area contributed by atoms with Crippen molar-refractivity contribution in [2.24, 2.45) is 5.92 Å². The van der Waals surface area contributed by atoms with Crippen molar-refractivity contribution in [3.8, 4) is 17.2 Å². The summed E-state index contributed by atoms with van der Waals surface area (Å²) in [6.45, 7) is 1.56. The number of pyridine rings is 1. The molecule has 2 amide bonds. The van der Waals surface area contributed by atoms with E-state index in [9.17, 15) is 14.7 Å². The van der Waals surface area contributed by atoms with E-state index >= 15 is 0 Å². The number of carbonyl (C=O) groups excluding carboxylic acids is 2. The number of hydrogen-bond donors (Lipinski definition) is 2. The number of amides is 2. The molecule has 1 saturated heterocycles. The van der Waals surface area contributed by atoms with Crippen LogP contribution >= 0.6 is 15.9 Å². The average molecular weight is 601 g/mol. The fourth-order valence-corrected chi connectivity index (χ4v) is 6.26. The molecule has 4 atom stereocenters.